The van der Waals surface area contributed by atoms with E-state index in [2.05, 4.69) is 40.4 Å². The number of aliphatic hydroxyl groups excluding tert-OH is 1. The Kier molecular flexibility index (Phi) is 9.88. The zero-order valence-electron chi connectivity index (χ0n) is 23.4. The standard InChI is InChI=1S/C32H36N2O6S/c1-39-31-15-13-26(20-32(31)40-2)28(18-22-8-7-11-25(16-22)24-9-5-4-6-10-24)33-21-27(35)17-23-12-14-30(36)29(19-23)34-41(3,37)38/h4-16,19-20,27-28,33-36H,17-18,21H2,1-3H3/t27-,28+/m0/s1. The maximum absolute atomic E-state index is 11.6. The van der Waals surface area contributed by atoms with Crippen molar-refractivity contribution in [2.75, 3.05) is 31.7 Å². The van der Waals surface area contributed by atoms with Gasteiger partial charge in [-0.3, -0.25) is 4.72 Å². The van der Waals surface area contributed by atoms with Crippen molar-refractivity contribution in [1.82, 2.24) is 5.32 Å². The van der Waals surface area contributed by atoms with E-state index < -0.39 is 16.1 Å². The smallest absolute Gasteiger partial charge is 0.229 e. The van der Waals surface area contributed by atoms with Crippen molar-refractivity contribution in [1.29, 1.82) is 0 Å². The van der Waals surface area contributed by atoms with Gasteiger partial charge in [0.15, 0.2) is 11.5 Å². The predicted molar refractivity (Wildman–Crippen MR) is 162 cm³/mol. The summed E-state index contributed by atoms with van der Waals surface area (Å²) in [5, 5.41) is 24.5. The van der Waals surface area contributed by atoms with Crippen LogP contribution in [0.2, 0.25) is 0 Å². The van der Waals surface area contributed by atoms with Gasteiger partial charge in [-0.25, -0.2) is 8.42 Å². The number of aliphatic hydroxyl groups is 1. The molecule has 0 bridgehead atoms. The molecule has 0 heterocycles. The van der Waals surface area contributed by atoms with Crippen LogP contribution in [0.15, 0.2) is 91.0 Å². The molecule has 0 amide bonds. The van der Waals surface area contributed by atoms with E-state index in [0.717, 1.165) is 28.5 Å². The van der Waals surface area contributed by atoms with Crippen LogP contribution < -0.4 is 19.5 Å². The van der Waals surface area contributed by atoms with Crippen LogP contribution in [0.5, 0.6) is 17.2 Å². The lowest BCUT2D eigenvalue weighted by Crippen LogP contribution is -2.32. The lowest BCUT2D eigenvalue weighted by atomic mass is 9.95. The molecule has 8 nitrogen and oxygen atoms in total. The van der Waals surface area contributed by atoms with E-state index in [1.807, 2.05) is 42.5 Å². The molecule has 4 aromatic rings. The van der Waals surface area contributed by atoms with Crippen molar-refractivity contribution in [3.63, 3.8) is 0 Å². The number of anilines is 1. The van der Waals surface area contributed by atoms with Crippen molar-refractivity contribution in [3.8, 4) is 28.4 Å². The van der Waals surface area contributed by atoms with E-state index in [1.54, 1.807) is 20.3 Å². The zero-order valence-corrected chi connectivity index (χ0v) is 24.2. The van der Waals surface area contributed by atoms with Crippen molar-refractivity contribution in [2.24, 2.45) is 0 Å². The summed E-state index contributed by atoms with van der Waals surface area (Å²) < 4.78 is 36.5. The van der Waals surface area contributed by atoms with Gasteiger partial charge in [0.2, 0.25) is 10.0 Å². The number of methoxy groups -OCH3 is 2. The highest BCUT2D eigenvalue weighted by Crippen LogP contribution is 2.32. The lowest BCUT2D eigenvalue weighted by Gasteiger charge is -2.23. The van der Waals surface area contributed by atoms with Crippen molar-refractivity contribution in [2.45, 2.75) is 25.0 Å². The summed E-state index contributed by atoms with van der Waals surface area (Å²) >= 11 is 0. The van der Waals surface area contributed by atoms with E-state index in [1.165, 1.54) is 12.1 Å². The Balaban J connectivity index is 1.54. The summed E-state index contributed by atoms with van der Waals surface area (Å²) in [5.41, 5.74) is 5.12. The third kappa shape index (κ3) is 8.47. The van der Waals surface area contributed by atoms with E-state index in [0.29, 0.717) is 23.5 Å². The summed E-state index contributed by atoms with van der Waals surface area (Å²) in [4.78, 5) is 0. The quantitative estimate of drug-likeness (QED) is 0.167. The Hall–Kier alpha value is -4.05. The first-order chi connectivity index (χ1) is 19.6. The number of aromatic hydroxyl groups is 1. The number of ether oxygens (including phenoxy) is 2. The molecule has 0 saturated carbocycles. The summed E-state index contributed by atoms with van der Waals surface area (Å²) in [5.74, 6) is 1.07. The molecular weight excluding hydrogens is 540 g/mol. The van der Waals surface area contributed by atoms with Crippen LogP contribution in [-0.2, 0) is 22.9 Å². The molecular formula is C32H36N2O6S. The Labute approximate surface area is 241 Å². The molecule has 0 aromatic heterocycles. The minimum absolute atomic E-state index is 0.0756. The van der Waals surface area contributed by atoms with Gasteiger partial charge in [0.1, 0.15) is 5.75 Å². The molecule has 41 heavy (non-hydrogen) atoms. The van der Waals surface area contributed by atoms with Crippen LogP contribution in [0.25, 0.3) is 11.1 Å². The normalized spacial score (nSPS) is 12.9. The maximum Gasteiger partial charge on any atom is 0.229 e. The average molecular weight is 577 g/mol. The average Bonchev–Trinajstić information content (AvgIpc) is 2.96. The summed E-state index contributed by atoms with van der Waals surface area (Å²) in [6.07, 6.45) is 1.16. The minimum Gasteiger partial charge on any atom is -0.506 e. The first kappa shape index (κ1) is 29.9. The molecule has 0 aliphatic rings. The third-order valence-corrected chi connectivity index (χ3v) is 7.30. The highest BCUT2D eigenvalue weighted by atomic mass is 32.2. The van der Waals surface area contributed by atoms with Crippen LogP contribution in [0.3, 0.4) is 0 Å². The number of hydrogen-bond donors (Lipinski definition) is 4. The van der Waals surface area contributed by atoms with Gasteiger partial charge in [-0.15, -0.1) is 0 Å². The van der Waals surface area contributed by atoms with E-state index in [9.17, 15) is 18.6 Å². The molecule has 0 fully saturated rings. The van der Waals surface area contributed by atoms with Gasteiger partial charge in [0.25, 0.3) is 0 Å². The number of benzene rings is 4. The zero-order chi connectivity index (χ0) is 29.4. The molecule has 2 atom stereocenters. The topological polar surface area (TPSA) is 117 Å². The van der Waals surface area contributed by atoms with Crippen LogP contribution >= 0.6 is 0 Å². The number of phenolic OH excluding ortho intramolecular Hbond substituents is 1. The Bertz CT molecular complexity index is 1560. The Morgan fingerprint density at radius 3 is 2.20 bits per heavy atom. The van der Waals surface area contributed by atoms with Crippen LogP contribution in [0.1, 0.15) is 22.7 Å². The predicted octanol–water partition coefficient (Wildman–Crippen LogP) is 4.92. The molecule has 0 spiro atoms. The van der Waals surface area contributed by atoms with Gasteiger partial charge >= 0.3 is 0 Å². The maximum atomic E-state index is 11.6. The summed E-state index contributed by atoms with van der Waals surface area (Å²) in [6.45, 7) is 0.271. The number of sulfonamides is 1. The Morgan fingerprint density at radius 1 is 0.780 bits per heavy atom. The molecule has 4 N–H and O–H groups in total. The number of nitrogens with one attached hydrogen (secondary N) is 2. The molecule has 0 aliphatic carbocycles. The second kappa shape index (κ2) is 13.5. The van der Waals surface area contributed by atoms with Crippen LogP contribution in [0, 0.1) is 0 Å². The SMILES string of the molecule is COc1ccc([C@@H](Cc2cccc(-c3ccccc3)c2)NC[C@@H](O)Cc2ccc(O)c(NS(C)(=O)=O)c2)cc1OC. The lowest BCUT2D eigenvalue weighted by molar-refractivity contribution is 0.167. The highest BCUT2D eigenvalue weighted by Gasteiger charge is 2.18. The summed E-state index contributed by atoms with van der Waals surface area (Å²) in [7, 11) is -0.368. The van der Waals surface area contributed by atoms with Gasteiger partial charge in [0.05, 0.1) is 32.3 Å². The Morgan fingerprint density at radius 2 is 1.49 bits per heavy atom. The highest BCUT2D eigenvalue weighted by molar-refractivity contribution is 7.92. The first-order valence-corrected chi connectivity index (χ1v) is 15.1. The van der Waals surface area contributed by atoms with Crippen LogP contribution in [0.4, 0.5) is 5.69 Å². The van der Waals surface area contributed by atoms with Crippen molar-refractivity contribution < 1.29 is 28.1 Å². The van der Waals surface area contributed by atoms with E-state index >= 15 is 0 Å². The molecule has 216 valence electrons. The van der Waals surface area contributed by atoms with Gasteiger partial charge in [-0.2, -0.15) is 0 Å². The largest absolute Gasteiger partial charge is 0.506 e. The van der Waals surface area contributed by atoms with Crippen molar-refractivity contribution >= 4 is 15.7 Å². The van der Waals surface area contributed by atoms with Gasteiger partial charge in [-0.1, -0.05) is 66.7 Å². The fourth-order valence-electron chi connectivity index (χ4n) is 4.74. The fraction of sp³-hybridized carbons (Fsp3) is 0.250. The summed E-state index contributed by atoms with van der Waals surface area (Å²) in [6, 6.07) is 28.8. The number of phenols is 1. The molecule has 4 aromatic carbocycles. The van der Waals surface area contributed by atoms with Crippen LogP contribution in [-0.4, -0.2) is 51.8 Å². The molecule has 9 heteroatoms. The molecule has 0 saturated heterocycles. The molecule has 0 radical (unpaired) electrons. The number of hydrogen-bond acceptors (Lipinski definition) is 7. The molecule has 4 rings (SSSR count). The first-order valence-electron chi connectivity index (χ1n) is 13.2. The van der Waals surface area contributed by atoms with Gasteiger partial charge < -0.3 is 25.0 Å². The van der Waals surface area contributed by atoms with Gasteiger partial charge in [-0.05, 0) is 64.9 Å². The van der Waals surface area contributed by atoms with Crippen molar-refractivity contribution in [3.05, 3.63) is 108 Å². The minimum atomic E-state index is -3.56. The second-order valence-electron chi connectivity index (χ2n) is 9.93. The van der Waals surface area contributed by atoms with E-state index in [4.69, 9.17) is 9.47 Å². The monoisotopic (exact) mass is 576 g/mol. The van der Waals surface area contributed by atoms with Gasteiger partial charge in [0, 0.05) is 12.6 Å². The number of rotatable bonds is 13. The molecule has 0 unspecified atom stereocenters. The molecule has 0 aliphatic heterocycles. The van der Waals surface area contributed by atoms with E-state index in [-0.39, 0.29) is 30.4 Å². The third-order valence-electron chi connectivity index (χ3n) is 6.71. The second-order valence-corrected chi connectivity index (χ2v) is 11.7. The fourth-order valence-corrected chi connectivity index (χ4v) is 5.30.